The smallest absolute Gasteiger partial charge is 0.335 e. The van der Waals surface area contributed by atoms with Gasteiger partial charge >= 0.3 is 5.97 Å². The lowest BCUT2D eigenvalue weighted by atomic mass is 10.1. The van der Waals surface area contributed by atoms with Crippen LogP contribution in [-0.2, 0) is 0 Å². The molecule has 0 bridgehead atoms. The van der Waals surface area contributed by atoms with E-state index < -0.39 is 5.97 Å². The average molecular weight is 204 g/mol. The molecule has 1 aromatic rings. The summed E-state index contributed by atoms with van der Waals surface area (Å²) < 4.78 is 5.33. The van der Waals surface area contributed by atoms with E-state index in [0.717, 1.165) is 5.56 Å². The van der Waals surface area contributed by atoms with Crippen molar-refractivity contribution in [2.45, 2.75) is 13.8 Å². The maximum Gasteiger partial charge on any atom is 0.335 e. The van der Waals surface area contributed by atoms with E-state index >= 15 is 0 Å². The van der Waals surface area contributed by atoms with Crippen LogP contribution in [0.25, 0.3) is 0 Å². The summed E-state index contributed by atoms with van der Waals surface area (Å²) in [6.07, 6.45) is 0. The van der Waals surface area contributed by atoms with Crippen LogP contribution in [0.5, 0.6) is 5.75 Å². The van der Waals surface area contributed by atoms with E-state index in [4.69, 9.17) is 9.84 Å². The van der Waals surface area contributed by atoms with Crippen LogP contribution in [0.2, 0.25) is 0 Å². The summed E-state index contributed by atoms with van der Waals surface area (Å²) in [6, 6.07) is 4.78. The maximum absolute atomic E-state index is 10.7. The summed E-state index contributed by atoms with van der Waals surface area (Å²) in [5.74, 6) is 5.07. The first kappa shape index (κ1) is 11.1. The zero-order valence-electron chi connectivity index (χ0n) is 8.70. The molecule has 0 saturated carbocycles. The lowest BCUT2D eigenvalue weighted by Crippen LogP contribution is -2.00. The van der Waals surface area contributed by atoms with Crippen LogP contribution in [0, 0.1) is 18.8 Å². The van der Waals surface area contributed by atoms with Crippen LogP contribution in [0.15, 0.2) is 18.2 Å². The second kappa shape index (κ2) is 5.06. The monoisotopic (exact) mass is 204 g/mol. The van der Waals surface area contributed by atoms with Gasteiger partial charge in [-0.1, -0.05) is 12.0 Å². The zero-order valence-corrected chi connectivity index (χ0v) is 8.70. The number of aromatic carboxylic acids is 1. The van der Waals surface area contributed by atoms with Gasteiger partial charge in [0.25, 0.3) is 0 Å². The first-order chi connectivity index (χ1) is 7.15. The molecular weight excluding hydrogens is 192 g/mol. The molecule has 0 atom stereocenters. The first-order valence-corrected chi connectivity index (χ1v) is 4.51. The predicted molar refractivity (Wildman–Crippen MR) is 57.1 cm³/mol. The Bertz CT molecular complexity index is 424. The van der Waals surface area contributed by atoms with Crippen LogP contribution < -0.4 is 4.74 Å². The summed E-state index contributed by atoms with van der Waals surface area (Å²) in [5.41, 5.74) is 1.12. The van der Waals surface area contributed by atoms with E-state index in [1.807, 2.05) is 6.92 Å². The number of carboxylic acid groups (broad SMARTS) is 1. The lowest BCUT2D eigenvalue weighted by Gasteiger charge is -2.06. The minimum Gasteiger partial charge on any atom is -0.481 e. The normalized spacial score (nSPS) is 8.93. The van der Waals surface area contributed by atoms with Gasteiger partial charge in [0, 0.05) is 0 Å². The third-order valence-corrected chi connectivity index (χ3v) is 1.91. The van der Waals surface area contributed by atoms with Crippen molar-refractivity contribution in [3.8, 4) is 17.6 Å². The number of aryl methyl sites for hydroxylation is 1. The fourth-order valence-electron chi connectivity index (χ4n) is 1.07. The SMILES string of the molecule is CC#CCOc1cc(C(=O)O)ccc1C. The van der Waals surface area contributed by atoms with Gasteiger partial charge in [0.1, 0.15) is 12.4 Å². The summed E-state index contributed by atoms with van der Waals surface area (Å²) in [7, 11) is 0. The van der Waals surface area contributed by atoms with Gasteiger partial charge in [-0.05, 0) is 31.5 Å². The first-order valence-electron chi connectivity index (χ1n) is 4.51. The number of ether oxygens (including phenoxy) is 1. The standard InChI is InChI=1S/C12H12O3/c1-3-4-7-15-11-8-10(12(13)14)6-5-9(11)2/h5-6,8H,7H2,1-2H3,(H,13,14). The van der Waals surface area contributed by atoms with Crippen LogP contribution in [0.3, 0.4) is 0 Å². The van der Waals surface area contributed by atoms with Gasteiger partial charge in [-0.3, -0.25) is 0 Å². The molecule has 0 saturated heterocycles. The van der Waals surface area contributed by atoms with Gasteiger partial charge in [0.15, 0.2) is 0 Å². The Labute approximate surface area is 88.7 Å². The van der Waals surface area contributed by atoms with Gasteiger partial charge in [-0.2, -0.15) is 0 Å². The number of carbonyl (C=O) groups is 1. The number of carboxylic acids is 1. The molecule has 1 aromatic carbocycles. The number of rotatable bonds is 3. The molecule has 78 valence electrons. The van der Waals surface area contributed by atoms with Crippen molar-refractivity contribution in [3.05, 3.63) is 29.3 Å². The van der Waals surface area contributed by atoms with Gasteiger partial charge in [-0.15, -0.1) is 5.92 Å². The van der Waals surface area contributed by atoms with E-state index in [2.05, 4.69) is 11.8 Å². The van der Waals surface area contributed by atoms with Crippen molar-refractivity contribution in [1.82, 2.24) is 0 Å². The highest BCUT2D eigenvalue weighted by Gasteiger charge is 2.06. The second-order valence-corrected chi connectivity index (χ2v) is 3.00. The summed E-state index contributed by atoms with van der Waals surface area (Å²) in [4.78, 5) is 10.7. The quantitative estimate of drug-likeness (QED) is 0.767. The minimum absolute atomic E-state index is 0.222. The Balaban J connectivity index is 2.88. The highest BCUT2D eigenvalue weighted by Crippen LogP contribution is 2.19. The molecule has 0 radical (unpaired) electrons. The molecule has 3 heteroatoms. The molecule has 0 heterocycles. The van der Waals surface area contributed by atoms with E-state index in [0.29, 0.717) is 5.75 Å². The Kier molecular flexibility index (Phi) is 3.75. The third-order valence-electron chi connectivity index (χ3n) is 1.91. The molecule has 0 unspecified atom stereocenters. The van der Waals surface area contributed by atoms with E-state index in [1.54, 1.807) is 19.1 Å². The third kappa shape index (κ3) is 3.03. The molecular formula is C12H12O3. The fraction of sp³-hybridized carbons (Fsp3) is 0.250. The van der Waals surface area contributed by atoms with Gasteiger partial charge < -0.3 is 9.84 Å². The van der Waals surface area contributed by atoms with Crippen molar-refractivity contribution in [3.63, 3.8) is 0 Å². The Hall–Kier alpha value is -1.95. The molecule has 0 aliphatic rings. The average Bonchev–Trinajstić information content (AvgIpc) is 2.20. The second-order valence-electron chi connectivity index (χ2n) is 3.00. The van der Waals surface area contributed by atoms with Crippen LogP contribution in [0.4, 0.5) is 0 Å². The molecule has 0 aromatic heterocycles. The summed E-state index contributed by atoms with van der Waals surface area (Å²) in [5, 5.41) is 8.79. The van der Waals surface area contributed by atoms with Crippen LogP contribution >= 0.6 is 0 Å². The molecule has 3 nitrogen and oxygen atoms in total. The number of benzene rings is 1. The zero-order chi connectivity index (χ0) is 11.3. The van der Waals surface area contributed by atoms with Gasteiger partial charge in [0.2, 0.25) is 0 Å². The fourth-order valence-corrected chi connectivity index (χ4v) is 1.07. The summed E-state index contributed by atoms with van der Waals surface area (Å²) >= 11 is 0. The van der Waals surface area contributed by atoms with Crippen LogP contribution in [-0.4, -0.2) is 17.7 Å². The van der Waals surface area contributed by atoms with Crippen molar-refractivity contribution >= 4 is 5.97 Å². The van der Waals surface area contributed by atoms with Gasteiger partial charge in [0.05, 0.1) is 5.56 Å². The minimum atomic E-state index is -0.957. The topological polar surface area (TPSA) is 46.5 Å². The lowest BCUT2D eigenvalue weighted by molar-refractivity contribution is 0.0696. The molecule has 0 aliphatic carbocycles. The number of hydrogen-bond donors (Lipinski definition) is 1. The largest absolute Gasteiger partial charge is 0.481 e. The molecule has 1 N–H and O–H groups in total. The van der Waals surface area contributed by atoms with Crippen molar-refractivity contribution < 1.29 is 14.6 Å². The Morgan fingerprint density at radius 3 is 2.87 bits per heavy atom. The molecule has 0 fully saturated rings. The molecule has 0 aliphatic heterocycles. The maximum atomic E-state index is 10.7. The van der Waals surface area contributed by atoms with E-state index in [1.165, 1.54) is 6.07 Å². The van der Waals surface area contributed by atoms with Gasteiger partial charge in [-0.25, -0.2) is 4.79 Å². The predicted octanol–water partition coefficient (Wildman–Crippen LogP) is 2.10. The van der Waals surface area contributed by atoms with E-state index in [9.17, 15) is 4.79 Å². The van der Waals surface area contributed by atoms with Crippen LogP contribution in [0.1, 0.15) is 22.8 Å². The highest BCUT2D eigenvalue weighted by molar-refractivity contribution is 5.88. The molecule has 0 amide bonds. The van der Waals surface area contributed by atoms with Crippen molar-refractivity contribution in [2.75, 3.05) is 6.61 Å². The van der Waals surface area contributed by atoms with Crippen molar-refractivity contribution in [1.29, 1.82) is 0 Å². The number of hydrogen-bond acceptors (Lipinski definition) is 2. The van der Waals surface area contributed by atoms with E-state index in [-0.39, 0.29) is 12.2 Å². The Morgan fingerprint density at radius 1 is 1.53 bits per heavy atom. The van der Waals surface area contributed by atoms with Crippen molar-refractivity contribution in [2.24, 2.45) is 0 Å². The Morgan fingerprint density at radius 2 is 2.27 bits per heavy atom. The summed E-state index contributed by atoms with van der Waals surface area (Å²) in [6.45, 7) is 3.87. The molecule has 0 spiro atoms. The molecule has 1 rings (SSSR count). The molecule has 15 heavy (non-hydrogen) atoms. The highest BCUT2D eigenvalue weighted by atomic mass is 16.5.